The van der Waals surface area contributed by atoms with E-state index < -0.39 is 0 Å². The molecule has 1 aliphatic carbocycles. The van der Waals surface area contributed by atoms with Crippen molar-refractivity contribution < 1.29 is 4.42 Å². The molecular weight excluding hydrogens is 877 g/mol. The maximum atomic E-state index is 6.30. The summed E-state index contributed by atoms with van der Waals surface area (Å²) in [5, 5.41) is 6.98. The second-order valence-electron chi connectivity index (χ2n) is 19.5. The maximum absolute atomic E-state index is 6.30. The quantitative estimate of drug-likeness (QED) is 0.167. The van der Waals surface area contributed by atoms with Gasteiger partial charge in [0.2, 0.25) is 0 Å². The predicted molar refractivity (Wildman–Crippen MR) is 300 cm³/mol. The standard InChI is InChI=1S/C64H42N4O.C3H8/c1-64(2)55-24-10-8-20-49(55)50-32-28-44(36-56(50)64)41-18-12-19-45(34-41)48-22-13-23-53-54-35-42-16-6-7-17-43(42)37-57(54)68(60(48)53)47-30-26-40(27-31-47)62-65-61(39-14-4-3-5-15-39)66-63(67-62)46-29-33-52-51-21-9-11-25-58(51)69-59(52)38-46;1-3-2/h3-38H,1-2H3;3H2,1-2H3. The Kier molecular flexibility index (Phi) is 10.3. The van der Waals surface area contributed by atoms with Crippen LogP contribution in [0.4, 0.5) is 0 Å². The lowest BCUT2D eigenvalue weighted by Crippen LogP contribution is -2.14. The molecule has 3 aromatic heterocycles. The molecule has 13 aromatic rings. The Balaban J connectivity index is 0.00000164. The van der Waals surface area contributed by atoms with E-state index in [1.165, 1.54) is 72.5 Å². The topological polar surface area (TPSA) is 56.7 Å². The van der Waals surface area contributed by atoms with Crippen LogP contribution in [0.25, 0.3) is 128 Å². The molecule has 0 saturated carbocycles. The van der Waals surface area contributed by atoms with Crippen LogP contribution in [0.5, 0.6) is 0 Å². The van der Waals surface area contributed by atoms with Gasteiger partial charge >= 0.3 is 0 Å². The third-order valence-electron chi connectivity index (χ3n) is 14.4. The van der Waals surface area contributed by atoms with Gasteiger partial charge in [0, 0.05) is 54.9 Å². The number of aromatic nitrogens is 4. The van der Waals surface area contributed by atoms with Crippen LogP contribution >= 0.6 is 0 Å². The van der Waals surface area contributed by atoms with Crippen LogP contribution in [0.15, 0.2) is 223 Å². The van der Waals surface area contributed by atoms with Crippen LogP contribution in [0, 0.1) is 0 Å². The van der Waals surface area contributed by atoms with E-state index in [4.69, 9.17) is 19.4 Å². The summed E-state index contributed by atoms with van der Waals surface area (Å²) in [5.41, 5.74) is 17.8. The SMILES string of the molecule is CC1(C)c2ccccc2-c2ccc(-c3cccc(-c4cccc5c6cc7ccccc7cc6n(-c6ccc(-c7nc(-c8ccccc8)nc(-c8ccc9c(c8)oc8ccccc89)n7)cc6)c45)c3)cc21.CCC. The van der Waals surface area contributed by atoms with Crippen molar-refractivity contribution in [3.05, 3.63) is 230 Å². The minimum atomic E-state index is -0.0771. The lowest BCUT2D eigenvalue weighted by molar-refractivity contribution is 0.660. The second-order valence-corrected chi connectivity index (χ2v) is 19.5. The van der Waals surface area contributed by atoms with Gasteiger partial charge in [-0.25, -0.2) is 15.0 Å². The summed E-state index contributed by atoms with van der Waals surface area (Å²) in [7, 11) is 0. The average molecular weight is 927 g/mol. The van der Waals surface area contributed by atoms with Crippen molar-refractivity contribution in [2.24, 2.45) is 0 Å². The van der Waals surface area contributed by atoms with Crippen molar-refractivity contribution in [1.82, 2.24) is 19.5 Å². The third-order valence-corrected chi connectivity index (χ3v) is 14.4. The molecule has 0 spiro atoms. The Labute approximate surface area is 418 Å². The van der Waals surface area contributed by atoms with Crippen LogP contribution in [0.1, 0.15) is 45.2 Å². The number of para-hydroxylation sites is 2. The first-order valence-electron chi connectivity index (χ1n) is 25.0. The molecule has 1 aliphatic rings. The average Bonchev–Trinajstić information content (AvgIpc) is 4.05. The van der Waals surface area contributed by atoms with Crippen molar-refractivity contribution in [2.75, 3.05) is 0 Å². The van der Waals surface area contributed by atoms with Gasteiger partial charge in [0.05, 0.1) is 11.0 Å². The molecule has 0 aliphatic heterocycles. The fourth-order valence-electron chi connectivity index (χ4n) is 11.0. The minimum Gasteiger partial charge on any atom is -0.456 e. The molecule has 0 atom stereocenters. The van der Waals surface area contributed by atoms with E-state index in [1.807, 2.05) is 54.6 Å². The first-order valence-corrected chi connectivity index (χ1v) is 25.0. The number of rotatable bonds is 6. The van der Waals surface area contributed by atoms with Crippen LogP contribution in [0.2, 0.25) is 0 Å². The minimum absolute atomic E-state index is 0.0771. The molecule has 0 radical (unpaired) electrons. The maximum Gasteiger partial charge on any atom is 0.164 e. The van der Waals surface area contributed by atoms with Crippen molar-refractivity contribution in [3.8, 4) is 73.2 Å². The molecule has 0 amide bonds. The van der Waals surface area contributed by atoms with Gasteiger partial charge in [0.25, 0.3) is 0 Å². The number of fused-ring (bicyclic) bond motifs is 10. The number of nitrogens with zero attached hydrogens (tertiary/aromatic N) is 4. The van der Waals surface area contributed by atoms with Crippen LogP contribution in [-0.4, -0.2) is 19.5 Å². The zero-order chi connectivity index (χ0) is 48.5. The van der Waals surface area contributed by atoms with E-state index >= 15 is 0 Å². The second kappa shape index (κ2) is 17.2. The van der Waals surface area contributed by atoms with Gasteiger partial charge in [-0.15, -0.1) is 0 Å². The molecule has 0 bridgehead atoms. The van der Waals surface area contributed by atoms with Gasteiger partial charge in [-0.2, -0.15) is 0 Å². The van der Waals surface area contributed by atoms with E-state index in [0.717, 1.165) is 55.3 Å². The molecule has 72 heavy (non-hydrogen) atoms. The first-order chi connectivity index (χ1) is 35.3. The molecule has 14 rings (SSSR count). The van der Waals surface area contributed by atoms with Crippen LogP contribution in [0.3, 0.4) is 0 Å². The number of benzene rings is 10. The fourth-order valence-corrected chi connectivity index (χ4v) is 11.0. The van der Waals surface area contributed by atoms with E-state index in [-0.39, 0.29) is 5.41 Å². The van der Waals surface area contributed by atoms with Gasteiger partial charge in [0.1, 0.15) is 11.2 Å². The Hall–Kier alpha value is -8.93. The lowest BCUT2D eigenvalue weighted by atomic mass is 9.81. The first kappa shape index (κ1) is 43.1. The van der Waals surface area contributed by atoms with Gasteiger partial charge in [0.15, 0.2) is 17.5 Å². The summed E-state index contributed by atoms with van der Waals surface area (Å²) >= 11 is 0. The monoisotopic (exact) mass is 926 g/mol. The highest BCUT2D eigenvalue weighted by molar-refractivity contribution is 6.17. The number of furan rings is 1. The summed E-state index contributed by atoms with van der Waals surface area (Å²) in [5.74, 6) is 1.79. The van der Waals surface area contributed by atoms with E-state index in [0.29, 0.717) is 17.5 Å². The van der Waals surface area contributed by atoms with Gasteiger partial charge in [-0.3, -0.25) is 0 Å². The van der Waals surface area contributed by atoms with Gasteiger partial charge in [-0.1, -0.05) is 186 Å². The molecule has 344 valence electrons. The van der Waals surface area contributed by atoms with Crippen LogP contribution in [-0.2, 0) is 5.41 Å². The summed E-state index contributed by atoms with van der Waals surface area (Å²) in [6.07, 6.45) is 1.25. The lowest BCUT2D eigenvalue weighted by Gasteiger charge is -2.22. The summed E-state index contributed by atoms with van der Waals surface area (Å²) in [6, 6.07) is 78.2. The normalized spacial score (nSPS) is 12.6. The third kappa shape index (κ3) is 7.11. The molecular formula is C67H50N4O. The molecule has 0 N–H and O–H groups in total. The van der Waals surface area contributed by atoms with Crippen molar-refractivity contribution in [1.29, 1.82) is 0 Å². The molecule has 5 heteroatoms. The highest BCUT2D eigenvalue weighted by Crippen LogP contribution is 2.50. The summed E-state index contributed by atoms with van der Waals surface area (Å²) in [6.45, 7) is 8.95. The number of hydrogen-bond acceptors (Lipinski definition) is 4. The molecule has 0 saturated heterocycles. The molecule has 0 fully saturated rings. The van der Waals surface area contributed by atoms with Crippen molar-refractivity contribution in [2.45, 2.75) is 39.5 Å². The zero-order valence-corrected chi connectivity index (χ0v) is 40.7. The molecule has 3 heterocycles. The molecule has 0 unspecified atom stereocenters. The molecule has 10 aromatic carbocycles. The van der Waals surface area contributed by atoms with Gasteiger partial charge < -0.3 is 8.98 Å². The molecule has 5 nitrogen and oxygen atoms in total. The van der Waals surface area contributed by atoms with E-state index in [9.17, 15) is 0 Å². The largest absolute Gasteiger partial charge is 0.456 e. The smallest absolute Gasteiger partial charge is 0.164 e. The van der Waals surface area contributed by atoms with Crippen LogP contribution < -0.4 is 0 Å². The summed E-state index contributed by atoms with van der Waals surface area (Å²) < 4.78 is 8.74. The highest BCUT2D eigenvalue weighted by Gasteiger charge is 2.35. The van der Waals surface area contributed by atoms with Gasteiger partial charge in [-0.05, 0) is 116 Å². The van der Waals surface area contributed by atoms with Crippen molar-refractivity contribution in [3.63, 3.8) is 0 Å². The van der Waals surface area contributed by atoms with Crippen molar-refractivity contribution >= 4 is 54.5 Å². The Morgan fingerprint density at radius 2 is 0.944 bits per heavy atom. The Morgan fingerprint density at radius 3 is 1.75 bits per heavy atom. The highest BCUT2D eigenvalue weighted by atomic mass is 16.3. The predicted octanol–water partition coefficient (Wildman–Crippen LogP) is 18.1. The fraction of sp³-hybridized carbons (Fsp3) is 0.0896. The Morgan fingerprint density at radius 1 is 0.389 bits per heavy atom. The Bertz CT molecular complexity index is 4240. The summed E-state index contributed by atoms with van der Waals surface area (Å²) in [4.78, 5) is 15.3. The zero-order valence-electron chi connectivity index (χ0n) is 40.7. The van der Waals surface area contributed by atoms with E-state index in [1.54, 1.807) is 0 Å². The van der Waals surface area contributed by atoms with E-state index in [2.05, 4.69) is 196 Å². The number of hydrogen-bond donors (Lipinski definition) is 0.